The Labute approximate surface area is 233 Å². The maximum atomic E-state index is 2.68. The van der Waals surface area contributed by atoms with Crippen LogP contribution in [-0.2, 0) is 19.3 Å². The molecular formula is C37H38N2. The Morgan fingerprint density at radius 3 is 1.46 bits per heavy atom. The third-order valence-electron chi connectivity index (χ3n) is 9.88. The molecule has 0 fully saturated rings. The predicted molar refractivity (Wildman–Crippen MR) is 163 cm³/mol. The van der Waals surface area contributed by atoms with Gasteiger partial charge in [-0.2, -0.15) is 0 Å². The van der Waals surface area contributed by atoms with E-state index < -0.39 is 0 Å². The van der Waals surface area contributed by atoms with Crippen LogP contribution < -0.4 is 9.80 Å². The summed E-state index contributed by atoms with van der Waals surface area (Å²) in [4.78, 5) is 5.36. The fourth-order valence-corrected chi connectivity index (χ4v) is 8.23. The van der Waals surface area contributed by atoms with Crippen LogP contribution in [0.15, 0.2) is 84.9 Å². The SMILES string of the molecule is c1ccc(C2CCN3CCCc4cc(Cc5cc6c7c(c5)C(c5ccccc5)CCN7CCC6)cc2c43)cc1. The molecule has 0 saturated heterocycles. The zero-order valence-corrected chi connectivity index (χ0v) is 22.9. The van der Waals surface area contributed by atoms with E-state index in [0.717, 1.165) is 6.42 Å². The van der Waals surface area contributed by atoms with E-state index in [9.17, 15) is 0 Å². The summed E-state index contributed by atoms with van der Waals surface area (Å²) in [5.41, 5.74) is 15.4. The van der Waals surface area contributed by atoms with E-state index in [1.54, 1.807) is 33.6 Å². The Kier molecular flexibility index (Phi) is 5.75. The minimum atomic E-state index is 0.509. The second-order valence-electron chi connectivity index (χ2n) is 12.2. The molecule has 196 valence electrons. The van der Waals surface area contributed by atoms with Crippen molar-refractivity contribution in [3.05, 3.63) is 129 Å². The number of aryl methyl sites for hydroxylation is 2. The van der Waals surface area contributed by atoms with Gasteiger partial charge in [-0.15, -0.1) is 0 Å². The van der Waals surface area contributed by atoms with E-state index >= 15 is 0 Å². The number of nitrogens with zero attached hydrogens (tertiary/aromatic N) is 2. The molecule has 8 rings (SSSR count). The van der Waals surface area contributed by atoms with Gasteiger partial charge < -0.3 is 9.80 Å². The quantitative estimate of drug-likeness (QED) is 0.276. The predicted octanol–water partition coefficient (Wildman–Crippen LogP) is 7.85. The molecule has 0 bridgehead atoms. The van der Waals surface area contributed by atoms with Gasteiger partial charge in [0.1, 0.15) is 0 Å². The molecular weight excluding hydrogens is 472 g/mol. The number of benzene rings is 4. The molecule has 0 aliphatic carbocycles. The Morgan fingerprint density at radius 2 is 1.00 bits per heavy atom. The molecule has 0 spiro atoms. The Hall–Kier alpha value is -3.52. The van der Waals surface area contributed by atoms with Gasteiger partial charge in [0.15, 0.2) is 0 Å². The van der Waals surface area contributed by atoms with Crippen LogP contribution in [-0.4, -0.2) is 26.2 Å². The minimum absolute atomic E-state index is 0.509. The largest absolute Gasteiger partial charge is 0.371 e. The van der Waals surface area contributed by atoms with Crippen LogP contribution in [0.3, 0.4) is 0 Å². The first-order chi connectivity index (χ1) is 19.3. The molecule has 4 aromatic rings. The van der Waals surface area contributed by atoms with Crippen LogP contribution in [0.4, 0.5) is 11.4 Å². The lowest BCUT2D eigenvalue weighted by Crippen LogP contribution is -2.36. The number of hydrogen-bond acceptors (Lipinski definition) is 2. The van der Waals surface area contributed by atoms with Crippen LogP contribution in [0, 0.1) is 0 Å². The van der Waals surface area contributed by atoms with Crippen LogP contribution in [0.5, 0.6) is 0 Å². The summed E-state index contributed by atoms with van der Waals surface area (Å²) in [7, 11) is 0. The second-order valence-corrected chi connectivity index (χ2v) is 12.2. The molecule has 39 heavy (non-hydrogen) atoms. The van der Waals surface area contributed by atoms with Crippen molar-refractivity contribution in [1.29, 1.82) is 0 Å². The lowest BCUT2D eigenvalue weighted by molar-refractivity contribution is 0.594. The van der Waals surface area contributed by atoms with Crippen LogP contribution in [0.2, 0.25) is 0 Å². The molecule has 4 aliphatic heterocycles. The Balaban J connectivity index is 1.21. The molecule has 4 aromatic carbocycles. The van der Waals surface area contributed by atoms with Gasteiger partial charge in [-0.05, 0) is 89.5 Å². The van der Waals surface area contributed by atoms with Gasteiger partial charge in [-0.1, -0.05) is 84.9 Å². The fourth-order valence-electron chi connectivity index (χ4n) is 8.23. The summed E-state index contributed by atoms with van der Waals surface area (Å²) in [6.07, 6.45) is 8.47. The average Bonchev–Trinajstić information content (AvgIpc) is 2.99. The fraction of sp³-hybridized carbons (Fsp3) is 0.351. The van der Waals surface area contributed by atoms with E-state index in [2.05, 4.69) is 94.7 Å². The van der Waals surface area contributed by atoms with Gasteiger partial charge >= 0.3 is 0 Å². The van der Waals surface area contributed by atoms with Crippen LogP contribution in [0.1, 0.15) is 82.0 Å². The average molecular weight is 511 g/mol. The highest BCUT2D eigenvalue weighted by Crippen LogP contribution is 2.46. The number of hydrogen-bond donors (Lipinski definition) is 0. The molecule has 0 N–H and O–H groups in total. The maximum absolute atomic E-state index is 2.68. The van der Waals surface area contributed by atoms with Gasteiger partial charge in [0.05, 0.1) is 0 Å². The molecule has 0 radical (unpaired) electrons. The molecule has 4 heterocycles. The summed E-state index contributed by atoms with van der Waals surface area (Å²) in [6.45, 7) is 4.80. The van der Waals surface area contributed by atoms with Gasteiger partial charge in [-0.3, -0.25) is 0 Å². The Bertz CT molecular complexity index is 1390. The number of anilines is 2. The summed E-state index contributed by atoms with van der Waals surface area (Å²) >= 11 is 0. The summed E-state index contributed by atoms with van der Waals surface area (Å²) < 4.78 is 0. The molecule has 0 amide bonds. The van der Waals surface area contributed by atoms with E-state index in [0.29, 0.717) is 11.8 Å². The van der Waals surface area contributed by atoms with E-state index in [4.69, 9.17) is 0 Å². The molecule has 2 unspecified atom stereocenters. The molecule has 0 saturated carbocycles. The van der Waals surface area contributed by atoms with E-state index in [1.807, 2.05) is 0 Å². The van der Waals surface area contributed by atoms with Crippen molar-refractivity contribution in [2.75, 3.05) is 36.0 Å². The van der Waals surface area contributed by atoms with Crippen LogP contribution in [0.25, 0.3) is 0 Å². The first-order valence-corrected chi connectivity index (χ1v) is 15.2. The standard InChI is InChI=1S/C37H38N2/c1-3-9-28(10-4-1)32-15-19-38-17-7-13-30-22-26(24-34(32)36(30)38)21-27-23-31-14-8-18-39-20-16-33(35(25-27)37(31)39)29-11-5-2-6-12-29/h1-6,9-12,22-25,32-33H,7-8,13-21H2. The van der Waals surface area contributed by atoms with Gasteiger partial charge in [0, 0.05) is 49.4 Å². The second kappa shape index (κ2) is 9.59. The molecule has 4 aliphatic rings. The lowest BCUT2D eigenvalue weighted by atomic mass is 9.78. The van der Waals surface area contributed by atoms with Crippen molar-refractivity contribution in [3.63, 3.8) is 0 Å². The first kappa shape index (κ1) is 23.4. The van der Waals surface area contributed by atoms with Gasteiger partial charge in [0.25, 0.3) is 0 Å². The third-order valence-corrected chi connectivity index (χ3v) is 9.88. The van der Waals surface area contributed by atoms with E-state index in [-0.39, 0.29) is 0 Å². The monoisotopic (exact) mass is 510 g/mol. The van der Waals surface area contributed by atoms with Crippen LogP contribution >= 0.6 is 0 Å². The number of rotatable bonds is 4. The van der Waals surface area contributed by atoms with Crippen molar-refractivity contribution >= 4 is 11.4 Å². The topological polar surface area (TPSA) is 6.48 Å². The highest BCUT2D eigenvalue weighted by atomic mass is 15.1. The highest BCUT2D eigenvalue weighted by molar-refractivity contribution is 5.69. The van der Waals surface area contributed by atoms with Crippen molar-refractivity contribution < 1.29 is 0 Å². The van der Waals surface area contributed by atoms with Gasteiger partial charge in [-0.25, -0.2) is 0 Å². The zero-order valence-electron chi connectivity index (χ0n) is 22.9. The summed E-state index contributed by atoms with van der Waals surface area (Å²) in [5.74, 6) is 1.02. The summed E-state index contributed by atoms with van der Waals surface area (Å²) in [5, 5.41) is 0. The van der Waals surface area contributed by atoms with Crippen molar-refractivity contribution in [2.45, 2.75) is 56.8 Å². The van der Waals surface area contributed by atoms with Crippen molar-refractivity contribution in [1.82, 2.24) is 0 Å². The van der Waals surface area contributed by atoms with E-state index in [1.165, 1.54) is 87.0 Å². The molecule has 2 nitrogen and oxygen atoms in total. The Morgan fingerprint density at radius 1 is 0.538 bits per heavy atom. The lowest BCUT2D eigenvalue weighted by Gasteiger charge is -2.41. The molecule has 2 heteroatoms. The smallest absolute Gasteiger partial charge is 0.0437 e. The zero-order chi connectivity index (χ0) is 25.8. The minimum Gasteiger partial charge on any atom is -0.371 e. The van der Waals surface area contributed by atoms with Gasteiger partial charge in [0.2, 0.25) is 0 Å². The highest BCUT2D eigenvalue weighted by Gasteiger charge is 2.32. The normalized spacial score (nSPS) is 21.3. The van der Waals surface area contributed by atoms with Crippen molar-refractivity contribution in [3.8, 4) is 0 Å². The summed E-state index contributed by atoms with van der Waals surface area (Å²) in [6, 6.07) is 32.8. The third kappa shape index (κ3) is 4.07. The molecule has 2 atom stereocenters. The first-order valence-electron chi connectivity index (χ1n) is 15.2. The van der Waals surface area contributed by atoms with Crippen molar-refractivity contribution in [2.24, 2.45) is 0 Å². The molecule has 0 aromatic heterocycles. The maximum Gasteiger partial charge on any atom is 0.0437 e.